The Hall–Kier alpha value is -2.40. The Labute approximate surface area is 120 Å². The van der Waals surface area contributed by atoms with Gasteiger partial charge >= 0.3 is 0 Å². The molecule has 102 valence electrons. The van der Waals surface area contributed by atoms with Crippen LogP contribution in [0.15, 0.2) is 42.5 Å². The Morgan fingerprint density at radius 3 is 2.40 bits per heavy atom. The molecule has 0 atom stereocenters. The third-order valence-electron chi connectivity index (χ3n) is 2.72. The number of anilines is 1. The minimum atomic E-state index is -0.593. The molecule has 5 nitrogen and oxygen atoms in total. The molecule has 0 aliphatic carbocycles. The van der Waals surface area contributed by atoms with Crippen LogP contribution in [0.1, 0.15) is 15.9 Å². The lowest BCUT2D eigenvalue weighted by molar-refractivity contribution is -0.384. The van der Waals surface area contributed by atoms with Crippen molar-refractivity contribution in [3.8, 4) is 0 Å². The van der Waals surface area contributed by atoms with Crippen LogP contribution in [0.3, 0.4) is 0 Å². The Kier molecular flexibility index (Phi) is 4.00. The number of nitrogens with zero attached hydrogens (tertiary/aromatic N) is 1. The van der Waals surface area contributed by atoms with Gasteiger partial charge in [-0.3, -0.25) is 14.9 Å². The highest BCUT2D eigenvalue weighted by Gasteiger charge is 2.15. The fourth-order valence-electron chi connectivity index (χ4n) is 1.64. The first kappa shape index (κ1) is 14.0. The van der Waals surface area contributed by atoms with Gasteiger partial charge in [0.15, 0.2) is 0 Å². The fourth-order valence-corrected chi connectivity index (χ4v) is 1.89. The summed E-state index contributed by atoms with van der Waals surface area (Å²) in [6.07, 6.45) is 0. The second kappa shape index (κ2) is 5.71. The van der Waals surface area contributed by atoms with Crippen molar-refractivity contribution in [1.29, 1.82) is 0 Å². The SMILES string of the molecule is Cc1ccc(NC(=O)c2ccc([N+](=O)[O-])c(Cl)c2)cc1. The molecular weight excluding hydrogens is 280 g/mol. The average Bonchev–Trinajstić information content (AvgIpc) is 2.40. The van der Waals surface area contributed by atoms with Crippen molar-refractivity contribution in [2.45, 2.75) is 6.92 Å². The molecule has 0 aliphatic rings. The van der Waals surface area contributed by atoms with Gasteiger partial charge in [-0.1, -0.05) is 29.3 Å². The molecule has 1 amide bonds. The summed E-state index contributed by atoms with van der Waals surface area (Å²) < 4.78 is 0. The van der Waals surface area contributed by atoms with E-state index < -0.39 is 4.92 Å². The monoisotopic (exact) mass is 290 g/mol. The molecule has 0 aromatic heterocycles. The standard InChI is InChI=1S/C14H11ClN2O3/c1-9-2-5-11(6-3-9)16-14(18)10-4-7-13(17(19)20)12(15)8-10/h2-8H,1H3,(H,16,18). The van der Waals surface area contributed by atoms with E-state index in [-0.39, 0.29) is 22.2 Å². The Morgan fingerprint density at radius 2 is 1.85 bits per heavy atom. The molecule has 1 N–H and O–H groups in total. The van der Waals surface area contributed by atoms with E-state index in [1.54, 1.807) is 12.1 Å². The molecule has 0 aliphatic heterocycles. The van der Waals surface area contributed by atoms with Crippen LogP contribution in [-0.4, -0.2) is 10.8 Å². The average molecular weight is 291 g/mol. The number of amides is 1. The molecule has 20 heavy (non-hydrogen) atoms. The number of rotatable bonds is 3. The largest absolute Gasteiger partial charge is 0.322 e. The van der Waals surface area contributed by atoms with Gasteiger partial charge in [-0.25, -0.2) is 0 Å². The molecule has 0 unspecified atom stereocenters. The highest BCUT2D eigenvalue weighted by atomic mass is 35.5. The zero-order valence-corrected chi connectivity index (χ0v) is 11.3. The highest BCUT2D eigenvalue weighted by Crippen LogP contribution is 2.25. The lowest BCUT2D eigenvalue weighted by Gasteiger charge is -2.06. The van der Waals surface area contributed by atoms with Gasteiger partial charge in [-0.2, -0.15) is 0 Å². The molecule has 2 rings (SSSR count). The molecule has 0 radical (unpaired) electrons. The van der Waals surface area contributed by atoms with Crippen molar-refractivity contribution in [2.75, 3.05) is 5.32 Å². The molecule has 6 heteroatoms. The van der Waals surface area contributed by atoms with Crippen molar-refractivity contribution in [3.63, 3.8) is 0 Å². The van der Waals surface area contributed by atoms with Gasteiger partial charge < -0.3 is 5.32 Å². The van der Waals surface area contributed by atoms with Gasteiger partial charge in [0.05, 0.1) is 4.92 Å². The number of carbonyl (C=O) groups is 1. The van der Waals surface area contributed by atoms with E-state index in [1.807, 2.05) is 19.1 Å². The number of nitro benzene ring substituents is 1. The third-order valence-corrected chi connectivity index (χ3v) is 3.02. The smallest absolute Gasteiger partial charge is 0.287 e. The second-order valence-electron chi connectivity index (χ2n) is 4.24. The molecule has 0 saturated carbocycles. The zero-order chi connectivity index (χ0) is 14.7. The van der Waals surface area contributed by atoms with E-state index in [9.17, 15) is 14.9 Å². The van der Waals surface area contributed by atoms with Gasteiger partial charge in [0.1, 0.15) is 5.02 Å². The van der Waals surface area contributed by atoms with Crippen molar-refractivity contribution >= 4 is 28.9 Å². The molecule has 0 spiro atoms. The number of benzene rings is 2. The lowest BCUT2D eigenvalue weighted by atomic mass is 10.1. The van der Waals surface area contributed by atoms with Crippen molar-refractivity contribution in [3.05, 3.63) is 68.7 Å². The Bertz CT molecular complexity index is 669. The first-order valence-corrected chi connectivity index (χ1v) is 6.17. The summed E-state index contributed by atoms with van der Waals surface area (Å²) in [7, 11) is 0. The topological polar surface area (TPSA) is 72.2 Å². The van der Waals surface area contributed by atoms with Gasteiger partial charge in [0, 0.05) is 17.3 Å². The molecule has 0 heterocycles. The van der Waals surface area contributed by atoms with Crippen LogP contribution >= 0.6 is 11.6 Å². The number of nitro groups is 1. The fraction of sp³-hybridized carbons (Fsp3) is 0.0714. The molecule has 0 bridgehead atoms. The maximum Gasteiger partial charge on any atom is 0.287 e. The summed E-state index contributed by atoms with van der Waals surface area (Å²) in [6, 6.07) is 11.2. The molecule has 2 aromatic carbocycles. The maximum absolute atomic E-state index is 12.0. The van der Waals surface area contributed by atoms with Crippen LogP contribution in [-0.2, 0) is 0 Å². The van der Waals surface area contributed by atoms with E-state index in [0.717, 1.165) is 5.56 Å². The number of nitrogens with one attached hydrogen (secondary N) is 1. The molecule has 0 saturated heterocycles. The summed E-state index contributed by atoms with van der Waals surface area (Å²) in [4.78, 5) is 22.0. The summed E-state index contributed by atoms with van der Waals surface area (Å²) in [6.45, 7) is 1.95. The quantitative estimate of drug-likeness (QED) is 0.690. The second-order valence-corrected chi connectivity index (χ2v) is 4.65. The molecular formula is C14H11ClN2O3. The highest BCUT2D eigenvalue weighted by molar-refractivity contribution is 6.33. The molecule has 0 fully saturated rings. The van der Waals surface area contributed by atoms with Gasteiger partial charge in [0.25, 0.3) is 11.6 Å². The number of carbonyl (C=O) groups excluding carboxylic acids is 1. The minimum absolute atomic E-state index is 0.0634. The number of halogens is 1. The first-order valence-electron chi connectivity index (χ1n) is 5.79. The van der Waals surface area contributed by atoms with Crippen molar-refractivity contribution in [1.82, 2.24) is 0 Å². The predicted molar refractivity (Wildman–Crippen MR) is 77.2 cm³/mol. The Morgan fingerprint density at radius 1 is 1.20 bits per heavy atom. The van der Waals surface area contributed by atoms with Gasteiger partial charge in [-0.15, -0.1) is 0 Å². The summed E-state index contributed by atoms with van der Waals surface area (Å²) in [5.41, 5.74) is 1.77. The lowest BCUT2D eigenvalue weighted by Crippen LogP contribution is -2.11. The van der Waals surface area contributed by atoms with Crippen LogP contribution in [0.5, 0.6) is 0 Å². The van der Waals surface area contributed by atoms with Crippen LogP contribution < -0.4 is 5.32 Å². The van der Waals surface area contributed by atoms with Gasteiger partial charge in [0.2, 0.25) is 0 Å². The zero-order valence-electron chi connectivity index (χ0n) is 10.6. The van der Waals surface area contributed by atoms with E-state index in [2.05, 4.69) is 5.32 Å². The van der Waals surface area contributed by atoms with Crippen molar-refractivity contribution in [2.24, 2.45) is 0 Å². The van der Waals surface area contributed by atoms with Crippen LogP contribution in [0.25, 0.3) is 0 Å². The van der Waals surface area contributed by atoms with Crippen LogP contribution in [0, 0.1) is 17.0 Å². The first-order chi connectivity index (χ1) is 9.47. The maximum atomic E-state index is 12.0. The molecule has 2 aromatic rings. The predicted octanol–water partition coefficient (Wildman–Crippen LogP) is 3.81. The summed E-state index contributed by atoms with van der Waals surface area (Å²) in [5.74, 6) is -0.370. The number of hydrogen-bond acceptors (Lipinski definition) is 3. The van der Waals surface area contributed by atoms with E-state index in [0.29, 0.717) is 5.69 Å². The third kappa shape index (κ3) is 3.13. The Balaban J connectivity index is 2.19. The van der Waals surface area contributed by atoms with Crippen LogP contribution in [0.4, 0.5) is 11.4 Å². The van der Waals surface area contributed by atoms with Crippen molar-refractivity contribution < 1.29 is 9.72 Å². The van der Waals surface area contributed by atoms with E-state index >= 15 is 0 Å². The number of aryl methyl sites for hydroxylation is 1. The van der Waals surface area contributed by atoms with E-state index in [4.69, 9.17) is 11.6 Å². The summed E-state index contributed by atoms with van der Waals surface area (Å²) in [5, 5.41) is 13.3. The summed E-state index contributed by atoms with van der Waals surface area (Å²) >= 11 is 5.77. The van der Waals surface area contributed by atoms with Gasteiger partial charge in [-0.05, 0) is 31.2 Å². The normalized spacial score (nSPS) is 10.1. The van der Waals surface area contributed by atoms with E-state index in [1.165, 1.54) is 18.2 Å². The number of hydrogen-bond donors (Lipinski definition) is 1. The minimum Gasteiger partial charge on any atom is -0.322 e. The van der Waals surface area contributed by atoms with Crippen LogP contribution in [0.2, 0.25) is 5.02 Å².